The van der Waals surface area contributed by atoms with Crippen LogP contribution in [0.15, 0.2) is 24.5 Å². The van der Waals surface area contributed by atoms with Crippen LogP contribution in [0.4, 0.5) is 0 Å². The number of hydrogen-bond acceptors (Lipinski definition) is 3. The Morgan fingerprint density at radius 3 is 3.00 bits per heavy atom. The standard InChI is InChI=1S/C14H23N3/c1-11-5-4-8-17(12(11)2)14(9-15)13-6-3-7-16-10-13/h3,6-7,10-12,14H,4-5,8-9,15H2,1-2H3. The van der Waals surface area contributed by atoms with E-state index >= 15 is 0 Å². The molecule has 3 nitrogen and oxygen atoms in total. The highest BCUT2D eigenvalue weighted by atomic mass is 15.2. The van der Waals surface area contributed by atoms with Gasteiger partial charge in [0.15, 0.2) is 0 Å². The summed E-state index contributed by atoms with van der Waals surface area (Å²) in [4.78, 5) is 6.76. The van der Waals surface area contributed by atoms with Gasteiger partial charge in [-0.05, 0) is 43.9 Å². The zero-order valence-electron chi connectivity index (χ0n) is 10.8. The van der Waals surface area contributed by atoms with E-state index in [0.29, 0.717) is 18.6 Å². The monoisotopic (exact) mass is 233 g/mol. The minimum absolute atomic E-state index is 0.321. The van der Waals surface area contributed by atoms with Crippen molar-refractivity contribution in [3.8, 4) is 0 Å². The SMILES string of the molecule is CC1CCCN(C(CN)c2cccnc2)C1C. The summed E-state index contributed by atoms with van der Waals surface area (Å²) in [6.07, 6.45) is 6.38. The second-order valence-electron chi connectivity index (χ2n) is 5.14. The zero-order valence-corrected chi connectivity index (χ0v) is 10.8. The minimum Gasteiger partial charge on any atom is -0.329 e. The third-order valence-corrected chi connectivity index (χ3v) is 4.12. The lowest BCUT2D eigenvalue weighted by Crippen LogP contribution is -2.46. The van der Waals surface area contributed by atoms with Crippen molar-refractivity contribution >= 4 is 0 Å². The molecule has 0 amide bonds. The Hall–Kier alpha value is -0.930. The Kier molecular flexibility index (Phi) is 4.13. The van der Waals surface area contributed by atoms with Gasteiger partial charge >= 0.3 is 0 Å². The minimum atomic E-state index is 0.321. The van der Waals surface area contributed by atoms with Crippen molar-refractivity contribution in [3.05, 3.63) is 30.1 Å². The van der Waals surface area contributed by atoms with Gasteiger partial charge in [-0.3, -0.25) is 9.88 Å². The van der Waals surface area contributed by atoms with Crippen molar-refractivity contribution < 1.29 is 0 Å². The van der Waals surface area contributed by atoms with E-state index in [4.69, 9.17) is 5.73 Å². The maximum absolute atomic E-state index is 5.97. The predicted octanol–water partition coefficient (Wildman–Crippen LogP) is 2.20. The normalized spacial score (nSPS) is 27.9. The molecule has 0 spiro atoms. The summed E-state index contributed by atoms with van der Waals surface area (Å²) in [6.45, 7) is 6.49. The Labute approximate surface area is 104 Å². The summed E-state index contributed by atoms with van der Waals surface area (Å²) in [5.74, 6) is 0.759. The summed E-state index contributed by atoms with van der Waals surface area (Å²) in [6, 6.07) is 5.06. The van der Waals surface area contributed by atoms with Crippen molar-refractivity contribution in [1.29, 1.82) is 0 Å². The van der Waals surface area contributed by atoms with Crippen molar-refractivity contribution in [2.45, 2.75) is 38.8 Å². The van der Waals surface area contributed by atoms with E-state index in [9.17, 15) is 0 Å². The maximum Gasteiger partial charge on any atom is 0.0488 e. The van der Waals surface area contributed by atoms with Gasteiger partial charge in [-0.1, -0.05) is 13.0 Å². The highest BCUT2D eigenvalue weighted by molar-refractivity contribution is 5.15. The largest absolute Gasteiger partial charge is 0.329 e. The highest BCUT2D eigenvalue weighted by Gasteiger charge is 2.30. The zero-order chi connectivity index (χ0) is 12.3. The highest BCUT2D eigenvalue weighted by Crippen LogP contribution is 2.30. The molecule has 2 heterocycles. The topological polar surface area (TPSA) is 42.1 Å². The lowest BCUT2D eigenvalue weighted by molar-refractivity contribution is 0.0708. The van der Waals surface area contributed by atoms with E-state index in [-0.39, 0.29) is 0 Å². The van der Waals surface area contributed by atoms with Gasteiger partial charge in [0.05, 0.1) is 0 Å². The molecule has 17 heavy (non-hydrogen) atoms. The molecule has 1 aliphatic rings. The first-order valence-electron chi connectivity index (χ1n) is 6.59. The van der Waals surface area contributed by atoms with E-state index in [0.717, 1.165) is 12.5 Å². The fraction of sp³-hybridized carbons (Fsp3) is 0.643. The van der Waals surface area contributed by atoms with Crippen molar-refractivity contribution in [1.82, 2.24) is 9.88 Å². The number of pyridine rings is 1. The van der Waals surface area contributed by atoms with Crippen LogP contribution in [0.25, 0.3) is 0 Å². The fourth-order valence-electron chi connectivity index (χ4n) is 2.84. The van der Waals surface area contributed by atoms with Crippen LogP contribution in [0.1, 0.15) is 38.3 Å². The van der Waals surface area contributed by atoms with E-state index in [1.807, 2.05) is 18.5 Å². The summed E-state index contributed by atoms with van der Waals surface area (Å²) in [7, 11) is 0. The molecule has 1 aromatic heterocycles. The van der Waals surface area contributed by atoms with E-state index < -0.39 is 0 Å². The lowest BCUT2D eigenvalue weighted by atomic mass is 9.89. The summed E-state index contributed by atoms with van der Waals surface area (Å²) in [5, 5.41) is 0. The molecule has 1 fully saturated rings. The molecule has 2 N–H and O–H groups in total. The molecule has 3 unspecified atom stereocenters. The van der Waals surface area contributed by atoms with Crippen molar-refractivity contribution in [2.24, 2.45) is 11.7 Å². The smallest absolute Gasteiger partial charge is 0.0488 e. The maximum atomic E-state index is 5.97. The first-order chi connectivity index (χ1) is 8.24. The molecule has 0 aromatic carbocycles. The third kappa shape index (κ3) is 2.67. The number of likely N-dealkylation sites (tertiary alicyclic amines) is 1. The summed E-state index contributed by atoms with van der Waals surface area (Å²) < 4.78 is 0. The van der Waals surface area contributed by atoms with Gasteiger partial charge < -0.3 is 5.73 Å². The molecule has 94 valence electrons. The molecule has 1 aromatic rings. The van der Waals surface area contributed by atoms with Gasteiger partial charge in [0.1, 0.15) is 0 Å². The van der Waals surface area contributed by atoms with E-state index in [2.05, 4.69) is 29.8 Å². The number of nitrogens with two attached hydrogens (primary N) is 1. The van der Waals surface area contributed by atoms with Gasteiger partial charge in [0.2, 0.25) is 0 Å². The van der Waals surface area contributed by atoms with Crippen LogP contribution in [0.3, 0.4) is 0 Å². The van der Waals surface area contributed by atoms with Crippen molar-refractivity contribution in [2.75, 3.05) is 13.1 Å². The van der Waals surface area contributed by atoms with Crippen molar-refractivity contribution in [3.63, 3.8) is 0 Å². The lowest BCUT2D eigenvalue weighted by Gasteiger charge is -2.42. The number of hydrogen-bond donors (Lipinski definition) is 1. The molecule has 1 aliphatic heterocycles. The molecule has 0 bridgehead atoms. The Bertz CT molecular complexity index is 339. The number of nitrogens with zero attached hydrogens (tertiary/aromatic N) is 2. The van der Waals surface area contributed by atoms with Crippen LogP contribution in [-0.2, 0) is 0 Å². The van der Waals surface area contributed by atoms with Crippen LogP contribution in [-0.4, -0.2) is 29.0 Å². The number of aromatic nitrogens is 1. The second-order valence-corrected chi connectivity index (χ2v) is 5.14. The Morgan fingerprint density at radius 2 is 2.35 bits per heavy atom. The third-order valence-electron chi connectivity index (χ3n) is 4.12. The number of rotatable bonds is 3. The first kappa shape index (κ1) is 12.5. The molecule has 2 rings (SSSR count). The molecule has 0 radical (unpaired) electrons. The molecule has 0 saturated carbocycles. The van der Waals surface area contributed by atoms with Gasteiger partial charge in [0.25, 0.3) is 0 Å². The van der Waals surface area contributed by atoms with Crippen LogP contribution >= 0.6 is 0 Å². The second kappa shape index (κ2) is 5.61. The van der Waals surface area contributed by atoms with Crippen LogP contribution in [0, 0.1) is 5.92 Å². The van der Waals surface area contributed by atoms with Crippen LogP contribution in [0.5, 0.6) is 0 Å². The average molecular weight is 233 g/mol. The van der Waals surface area contributed by atoms with E-state index in [1.165, 1.54) is 18.4 Å². The molecule has 3 heteroatoms. The summed E-state index contributed by atoms with van der Waals surface area (Å²) in [5.41, 5.74) is 7.22. The first-order valence-corrected chi connectivity index (χ1v) is 6.59. The summed E-state index contributed by atoms with van der Waals surface area (Å²) >= 11 is 0. The van der Waals surface area contributed by atoms with E-state index in [1.54, 1.807) is 0 Å². The molecule has 1 saturated heterocycles. The van der Waals surface area contributed by atoms with Gasteiger partial charge in [0, 0.05) is 31.0 Å². The van der Waals surface area contributed by atoms with Gasteiger partial charge in [-0.25, -0.2) is 0 Å². The molecular formula is C14H23N3. The average Bonchev–Trinajstić information content (AvgIpc) is 2.37. The predicted molar refractivity (Wildman–Crippen MR) is 70.6 cm³/mol. The molecule has 3 atom stereocenters. The Balaban J connectivity index is 2.18. The quantitative estimate of drug-likeness (QED) is 0.870. The van der Waals surface area contributed by atoms with Gasteiger partial charge in [-0.15, -0.1) is 0 Å². The van der Waals surface area contributed by atoms with Crippen LogP contribution < -0.4 is 5.73 Å². The van der Waals surface area contributed by atoms with Gasteiger partial charge in [-0.2, -0.15) is 0 Å². The van der Waals surface area contributed by atoms with Crippen LogP contribution in [0.2, 0.25) is 0 Å². The molecular weight excluding hydrogens is 210 g/mol. The molecule has 0 aliphatic carbocycles. The number of piperidine rings is 1. The Morgan fingerprint density at radius 1 is 1.53 bits per heavy atom. The fourth-order valence-corrected chi connectivity index (χ4v) is 2.84.